The highest BCUT2D eigenvalue weighted by molar-refractivity contribution is 4.86. The van der Waals surface area contributed by atoms with E-state index in [1.165, 1.54) is 32.4 Å². The van der Waals surface area contributed by atoms with Gasteiger partial charge in [0.15, 0.2) is 0 Å². The Morgan fingerprint density at radius 3 is 2.64 bits per heavy atom. The Labute approximate surface area is 87.2 Å². The Kier molecular flexibility index (Phi) is 3.42. The average Bonchev–Trinajstić information content (AvgIpc) is 2.56. The topological polar surface area (TPSA) is 27.3 Å². The highest BCUT2D eigenvalue weighted by Gasteiger charge is 2.24. The zero-order valence-corrected chi connectivity index (χ0v) is 9.42. The highest BCUT2D eigenvalue weighted by Crippen LogP contribution is 2.12. The molecule has 0 amide bonds. The van der Waals surface area contributed by atoms with Gasteiger partial charge in [-0.2, -0.15) is 0 Å². The second-order valence-corrected chi connectivity index (χ2v) is 5.00. The molecular formula is C11H23N3. The zero-order chi connectivity index (χ0) is 9.97. The molecule has 0 aromatic rings. The summed E-state index contributed by atoms with van der Waals surface area (Å²) in [6.07, 6.45) is 3.98. The fourth-order valence-corrected chi connectivity index (χ4v) is 2.55. The van der Waals surface area contributed by atoms with Crippen LogP contribution in [0.15, 0.2) is 0 Å². The van der Waals surface area contributed by atoms with E-state index in [1.807, 2.05) is 0 Å². The summed E-state index contributed by atoms with van der Waals surface area (Å²) in [5.41, 5.74) is 0. The Balaban J connectivity index is 1.70. The summed E-state index contributed by atoms with van der Waals surface area (Å²) in [6.45, 7) is 5.92. The lowest BCUT2D eigenvalue weighted by atomic mass is 10.0. The first kappa shape index (κ1) is 10.4. The summed E-state index contributed by atoms with van der Waals surface area (Å²) >= 11 is 0. The minimum atomic E-state index is 0.711. The Bertz CT molecular complexity index is 175. The lowest BCUT2D eigenvalue weighted by Crippen LogP contribution is -2.50. The van der Waals surface area contributed by atoms with Crippen molar-refractivity contribution in [2.45, 2.75) is 44.3 Å². The van der Waals surface area contributed by atoms with Crippen LogP contribution in [0.2, 0.25) is 0 Å². The van der Waals surface area contributed by atoms with Crippen LogP contribution >= 0.6 is 0 Å². The Morgan fingerprint density at radius 1 is 1.21 bits per heavy atom. The van der Waals surface area contributed by atoms with Crippen LogP contribution in [0.4, 0.5) is 0 Å². The second-order valence-electron chi connectivity index (χ2n) is 5.00. The number of rotatable bonds is 2. The molecule has 3 unspecified atom stereocenters. The molecule has 0 aliphatic carbocycles. The van der Waals surface area contributed by atoms with Crippen LogP contribution in [0.3, 0.4) is 0 Å². The van der Waals surface area contributed by atoms with E-state index < -0.39 is 0 Å². The zero-order valence-electron chi connectivity index (χ0n) is 9.42. The minimum absolute atomic E-state index is 0.711. The second kappa shape index (κ2) is 4.60. The van der Waals surface area contributed by atoms with Gasteiger partial charge in [-0.1, -0.05) is 0 Å². The van der Waals surface area contributed by atoms with Crippen molar-refractivity contribution in [3.63, 3.8) is 0 Å². The Hall–Kier alpha value is -0.120. The quantitative estimate of drug-likeness (QED) is 0.672. The monoisotopic (exact) mass is 197 g/mol. The summed E-state index contributed by atoms with van der Waals surface area (Å²) in [5.74, 6) is 0. The molecule has 2 heterocycles. The van der Waals surface area contributed by atoms with Crippen molar-refractivity contribution >= 4 is 0 Å². The molecule has 2 aliphatic rings. The third kappa shape index (κ3) is 2.69. The maximum atomic E-state index is 3.76. The van der Waals surface area contributed by atoms with Gasteiger partial charge in [-0.3, -0.25) is 0 Å². The molecule has 2 N–H and O–H groups in total. The van der Waals surface area contributed by atoms with Gasteiger partial charge in [-0.25, -0.2) is 0 Å². The van der Waals surface area contributed by atoms with Crippen molar-refractivity contribution in [2.75, 3.05) is 26.7 Å². The fraction of sp³-hybridized carbons (Fsp3) is 1.00. The number of hydrogen-bond acceptors (Lipinski definition) is 3. The largest absolute Gasteiger partial charge is 0.313 e. The molecule has 2 saturated heterocycles. The summed E-state index contributed by atoms with van der Waals surface area (Å²) in [5, 5.41) is 7.31. The van der Waals surface area contributed by atoms with Crippen LogP contribution in [0.5, 0.6) is 0 Å². The third-order valence-corrected chi connectivity index (χ3v) is 3.52. The van der Waals surface area contributed by atoms with E-state index in [0.717, 1.165) is 18.6 Å². The molecule has 3 nitrogen and oxygen atoms in total. The molecule has 0 saturated carbocycles. The minimum Gasteiger partial charge on any atom is -0.313 e. The Morgan fingerprint density at radius 2 is 2.07 bits per heavy atom. The van der Waals surface area contributed by atoms with Gasteiger partial charge < -0.3 is 15.5 Å². The van der Waals surface area contributed by atoms with E-state index >= 15 is 0 Å². The van der Waals surface area contributed by atoms with Crippen LogP contribution in [0, 0.1) is 0 Å². The van der Waals surface area contributed by atoms with E-state index in [0.29, 0.717) is 6.04 Å². The molecule has 0 spiro atoms. The lowest BCUT2D eigenvalue weighted by molar-refractivity contribution is 0.308. The first-order valence-corrected chi connectivity index (χ1v) is 5.92. The van der Waals surface area contributed by atoms with E-state index in [1.54, 1.807) is 0 Å². The molecule has 2 rings (SSSR count). The molecule has 2 aliphatic heterocycles. The molecule has 3 heteroatoms. The van der Waals surface area contributed by atoms with E-state index in [-0.39, 0.29) is 0 Å². The van der Waals surface area contributed by atoms with Crippen molar-refractivity contribution in [3.05, 3.63) is 0 Å². The van der Waals surface area contributed by atoms with Crippen molar-refractivity contribution < 1.29 is 0 Å². The van der Waals surface area contributed by atoms with E-state index in [9.17, 15) is 0 Å². The van der Waals surface area contributed by atoms with Gasteiger partial charge >= 0.3 is 0 Å². The number of nitrogens with one attached hydrogen (secondary N) is 2. The van der Waals surface area contributed by atoms with Crippen molar-refractivity contribution in [2.24, 2.45) is 0 Å². The maximum Gasteiger partial charge on any atom is 0.0210 e. The lowest BCUT2D eigenvalue weighted by Gasteiger charge is -2.30. The molecule has 3 atom stereocenters. The van der Waals surface area contributed by atoms with Gasteiger partial charge in [-0.05, 0) is 39.8 Å². The molecule has 0 aromatic carbocycles. The molecule has 0 bridgehead atoms. The normalized spacial score (nSPS) is 40.3. The maximum absolute atomic E-state index is 3.76. The van der Waals surface area contributed by atoms with Crippen molar-refractivity contribution in [1.29, 1.82) is 0 Å². The number of piperidine rings is 1. The first-order chi connectivity index (χ1) is 6.74. The summed E-state index contributed by atoms with van der Waals surface area (Å²) < 4.78 is 0. The standard InChI is InChI=1S/C11H23N3/c1-9-3-4-10(7-12-9)13-11-5-6-14(2)8-11/h9-13H,3-8H2,1-2H3. The fourth-order valence-electron chi connectivity index (χ4n) is 2.55. The molecule has 0 radical (unpaired) electrons. The number of likely N-dealkylation sites (N-methyl/N-ethyl adjacent to an activating group) is 1. The third-order valence-electron chi connectivity index (χ3n) is 3.52. The van der Waals surface area contributed by atoms with Crippen molar-refractivity contribution in [1.82, 2.24) is 15.5 Å². The van der Waals surface area contributed by atoms with Crippen LogP contribution in [0.25, 0.3) is 0 Å². The molecule has 14 heavy (non-hydrogen) atoms. The summed E-state index contributed by atoms with van der Waals surface area (Å²) in [4.78, 5) is 2.41. The van der Waals surface area contributed by atoms with Crippen LogP contribution in [0.1, 0.15) is 26.2 Å². The predicted octanol–water partition coefficient (Wildman–Crippen LogP) is 0.421. The van der Waals surface area contributed by atoms with Gasteiger partial charge in [0, 0.05) is 31.2 Å². The van der Waals surface area contributed by atoms with Gasteiger partial charge in [0.05, 0.1) is 0 Å². The van der Waals surface area contributed by atoms with Gasteiger partial charge in [0.25, 0.3) is 0 Å². The van der Waals surface area contributed by atoms with Gasteiger partial charge in [-0.15, -0.1) is 0 Å². The highest BCUT2D eigenvalue weighted by atomic mass is 15.2. The first-order valence-electron chi connectivity index (χ1n) is 5.92. The van der Waals surface area contributed by atoms with Gasteiger partial charge in [0.1, 0.15) is 0 Å². The van der Waals surface area contributed by atoms with E-state index in [2.05, 4.69) is 29.5 Å². The molecule has 2 fully saturated rings. The van der Waals surface area contributed by atoms with Gasteiger partial charge in [0.2, 0.25) is 0 Å². The van der Waals surface area contributed by atoms with Crippen molar-refractivity contribution in [3.8, 4) is 0 Å². The predicted molar refractivity (Wildman–Crippen MR) is 59.5 cm³/mol. The van der Waals surface area contributed by atoms with E-state index in [4.69, 9.17) is 0 Å². The summed E-state index contributed by atoms with van der Waals surface area (Å²) in [6, 6.07) is 2.17. The van der Waals surface area contributed by atoms with Crippen LogP contribution in [-0.4, -0.2) is 49.7 Å². The smallest absolute Gasteiger partial charge is 0.0210 e. The average molecular weight is 197 g/mol. The molecule has 0 aromatic heterocycles. The SMILES string of the molecule is CC1CCC(NC2CCN(C)C2)CN1. The van der Waals surface area contributed by atoms with Crippen LogP contribution < -0.4 is 10.6 Å². The number of likely N-dealkylation sites (tertiary alicyclic amines) is 1. The molecular weight excluding hydrogens is 174 g/mol. The molecule has 82 valence electrons. The number of nitrogens with zero attached hydrogens (tertiary/aromatic N) is 1. The summed E-state index contributed by atoms with van der Waals surface area (Å²) in [7, 11) is 2.21. The number of hydrogen-bond donors (Lipinski definition) is 2. The van der Waals surface area contributed by atoms with Crippen LogP contribution in [-0.2, 0) is 0 Å².